The van der Waals surface area contributed by atoms with E-state index in [0.29, 0.717) is 32.2 Å². The van der Waals surface area contributed by atoms with Crippen molar-refractivity contribution in [2.24, 2.45) is 11.8 Å². The van der Waals surface area contributed by atoms with Crippen molar-refractivity contribution in [1.82, 2.24) is 10.2 Å². The van der Waals surface area contributed by atoms with Gasteiger partial charge in [0.15, 0.2) is 0 Å². The zero-order chi connectivity index (χ0) is 24.7. The summed E-state index contributed by atoms with van der Waals surface area (Å²) in [5.74, 6) is -2.01. The number of ether oxygens (including phenoxy) is 1. The Hall–Kier alpha value is -2.45. The average molecular weight is 472 g/mol. The molecule has 0 aliphatic carbocycles. The van der Waals surface area contributed by atoms with Crippen LogP contribution in [0.4, 0.5) is 5.69 Å². The minimum Gasteiger partial charge on any atom is -0.396 e. The number of aryl methyl sites for hydroxylation is 2. The predicted molar refractivity (Wildman–Crippen MR) is 128 cm³/mol. The van der Waals surface area contributed by atoms with Crippen molar-refractivity contribution < 1.29 is 24.2 Å². The van der Waals surface area contributed by atoms with E-state index in [1.807, 2.05) is 45.9 Å². The summed E-state index contributed by atoms with van der Waals surface area (Å²) in [5.41, 5.74) is 0.826. The topological polar surface area (TPSA) is 108 Å². The number of nitrogens with zero attached hydrogens (tertiary/aromatic N) is 1. The summed E-state index contributed by atoms with van der Waals surface area (Å²) in [6.07, 6.45) is 2.94. The summed E-state index contributed by atoms with van der Waals surface area (Å²) in [6, 6.07) is 4.96. The number of likely N-dealkylation sites (tertiary alicyclic amines) is 1. The van der Waals surface area contributed by atoms with Crippen molar-refractivity contribution in [3.8, 4) is 0 Å². The summed E-state index contributed by atoms with van der Waals surface area (Å²) in [7, 11) is 0. The van der Waals surface area contributed by atoms with E-state index in [4.69, 9.17) is 4.74 Å². The third-order valence-corrected chi connectivity index (χ3v) is 8.05. The minimum atomic E-state index is -1.04. The Bertz CT molecular complexity index is 961. The maximum Gasteiger partial charge on any atom is 0.250 e. The van der Waals surface area contributed by atoms with Crippen molar-refractivity contribution in [3.05, 3.63) is 29.3 Å². The van der Waals surface area contributed by atoms with Gasteiger partial charge in [-0.15, -0.1) is 0 Å². The zero-order valence-electron chi connectivity index (χ0n) is 20.6. The highest BCUT2D eigenvalue weighted by atomic mass is 16.5. The van der Waals surface area contributed by atoms with Crippen LogP contribution >= 0.6 is 0 Å². The molecular formula is C26H37N3O5. The molecule has 3 aliphatic rings. The largest absolute Gasteiger partial charge is 0.396 e. The Labute approximate surface area is 201 Å². The van der Waals surface area contributed by atoms with Crippen LogP contribution < -0.4 is 10.6 Å². The third-order valence-electron chi connectivity index (χ3n) is 8.05. The summed E-state index contributed by atoms with van der Waals surface area (Å²) in [6.45, 7) is 8.53. The fraction of sp³-hybridized carbons (Fsp3) is 0.654. The quantitative estimate of drug-likeness (QED) is 0.512. The van der Waals surface area contributed by atoms with E-state index < -0.39 is 29.1 Å². The molecule has 8 nitrogen and oxygen atoms in total. The lowest BCUT2D eigenvalue weighted by molar-refractivity contribution is -0.146. The van der Waals surface area contributed by atoms with Crippen molar-refractivity contribution in [2.75, 3.05) is 25.0 Å². The Morgan fingerprint density at radius 2 is 1.88 bits per heavy atom. The number of carbonyl (C=O) groups is 3. The van der Waals surface area contributed by atoms with E-state index >= 15 is 0 Å². The zero-order valence-corrected chi connectivity index (χ0v) is 20.6. The van der Waals surface area contributed by atoms with Gasteiger partial charge in [0.25, 0.3) is 0 Å². The molecule has 5 atom stereocenters. The van der Waals surface area contributed by atoms with Crippen molar-refractivity contribution in [1.29, 1.82) is 0 Å². The van der Waals surface area contributed by atoms with Crippen LogP contribution in [0.3, 0.4) is 0 Å². The maximum absolute atomic E-state index is 13.9. The number of amides is 3. The molecule has 2 unspecified atom stereocenters. The van der Waals surface area contributed by atoms with E-state index in [2.05, 4.69) is 10.6 Å². The number of rotatable bonds is 9. The monoisotopic (exact) mass is 471 g/mol. The first-order valence-electron chi connectivity index (χ1n) is 12.5. The second-order valence-corrected chi connectivity index (χ2v) is 9.99. The number of para-hydroxylation sites is 1. The predicted octanol–water partition coefficient (Wildman–Crippen LogP) is 2.31. The van der Waals surface area contributed by atoms with Crippen LogP contribution in [-0.4, -0.2) is 64.7 Å². The average Bonchev–Trinajstić information content (AvgIpc) is 3.42. The summed E-state index contributed by atoms with van der Waals surface area (Å²) in [4.78, 5) is 42.6. The SMILES string of the molecule is CCCNC(=O)[C@H]1[C@H]2C(=O)N(CCCO)C(C(=O)Nc3c(C)cccc3C)C23CC[C@]1(CC)O3. The molecule has 186 valence electrons. The van der Waals surface area contributed by atoms with Gasteiger partial charge in [-0.3, -0.25) is 14.4 Å². The molecule has 3 heterocycles. The van der Waals surface area contributed by atoms with Gasteiger partial charge in [0, 0.05) is 25.4 Å². The molecule has 1 aromatic rings. The molecule has 0 saturated carbocycles. The number of hydrogen-bond donors (Lipinski definition) is 3. The summed E-state index contributed by atoms with van der Waals surface area (Å²) < 4.78 is 6.70. The molecule has 3 aliphatic heterocycles. The lowest BCUT2D eigenvalue weighted by atomic mass is 9.65. The van der Waals surface area contributed by atoms with Gasteiger partial charge in [0.1, 0.15) is 11.6 Å². The van der Waals surface area contributed by atoms with Crippen LogP contribution in [-0.2, 0) is 19.1 Å². The minimum absolute atomic E-state index is 0.0904. The maximum atomic E-state index is 13.9. The molecule has 34 heavy (non-hydrogen) atoms. The Morgan fingerprint density at radius 1 is 1.18 bits per heavy atom. The first kappa shape index (κ1) is 24.7. The molecule has 3 saturated heterocycles. The van der Waals surface area contributed by atoms with Gasteiger partial charge in [0.05, 0.1) is 17.4 Å². The van der Waals surface area contributed by atoms with E-state index in [1.54, 1.807) is 4.90 Å². The van der Waals surface area contributed by atoms with Gasteiger partial charge < -0.3 is 25.4 Å². The number of nitrogens with one attached hydrogen (secondary N) is 2. The highest BCUT2D eigenvalue weighted by Gasteiger charge is 2.78. The highest BCUT2D eigenvalue weighted by molar-refractivity contribution is 6.04. The molecule has 0 aromatic heterocycles. The second-order valence-electron chi connectivity index (χ2n) is 9.99. The van der Waals surface area contributed by atoms with Crippen LogP contribution in [0.2, 0.25) is 0 Å². The standard InChI is InChI=1S/C26H37N3O5/c1-5-13-27-22(31)18-19-24(33)29(14-8-15-30)21(26(19)12-11-25(18,6-2)34-26)23(32)28-20-16(3)9-7-10-17(20)4/h7,9-10,18-19,21,30H,5-6,8,11-15H2,1-4H3,(H,27,31)(H,28,32)/t18-,19+,21?,25+,26?/m1/s1. The van der Waals surface area contributed by atoms with Crippen LogP contribution in [0.15, 0.2) is 18.2 Å². The van der Waals surface area contributed by atoms with Gasteiger partial charge >= 0.3 is 0 Å². The molecule has 0 radical (unpaired) electrons. The molecule has 2 bridgehead atoms. The molecular weight excluding hydrogens is 434 g/mol. The molecule has 4 rings (SSSR count). The Kier molecular flexibility index (Phi) is 6.75. The van der Waals surface area contributed by atoms with Gasteiger partial charge in [0.2, 0.25) is 17.7 Å². The fourth-order valence-corrected chi connectivity index (χ4v) is 6.46. The first-order valence-corrected chi connectivity index (χ1v) is 12.5. The van der Waals surface area contributed by atoms with Crippen LogP contribution in [0, 0.1) is 25.7 Å². The third kappa shape index (κ3) is 3.62. The molecule has 1 spiro atoms. The fourth-order valence-electron chi connectivity index (χ4n) is 6.46. The molecule has 8 heteroatoms. The van der Waals surface area contributed by atoms with Gasteiger partial charge in [-0.05, 0) is 57.1 Å². The van der Waals surface area contributed by atoms with Crippen molar-refractivity contribution >= 4 is 23.4 Å². The van der Waals surface area contributed by atoms with Gasteiger partial charge in [-0.25, -0.2) is 0 Å². The lowest BCUT2D eigenvalue weighted by Gasteiger charge is -2.34. The van der Waals surface area contributed by atoms with E-state index in [1.165, 1.54) is 0 Å². The number of aliphatic hydroxyl groups excluding tert-OH is 1. The molecule has 3 fully saturated rings. The summed E-state index contributed by atoms with van der Waals surface area (Å²) in [5, 5.41) is 15.5. The Morgan fingerprint density at radius 3 is 2.50 bits per heavy atom. The number of fused-ring (bicyclic) bond motifs is 1. The molecule has 3 amide bonds. The van der Waals surface area contributed by atoms with Gasteiger partial charge in [-0.2, -0.15) is 0 Å². The lowest BCUT2D eigenvalue weighted by Crippen LogP contribution is -2.53. The number of carbonyl (C=O) groups excluding carboxylic acids is 3. The normalized spacial score (nSPS) is 31.6. The highest BCUT2D eigenvalue weighted by Crippen LogP contribution is 2.64. The number of hydrogen-bond acceptors (Lipinski definition) is 5. The van der Waals surface area contributed by atoms with Crippen molar-refractivity contribution in [2.45, 2.75) is 77.0 Å². The smallest absolute Gasteiger partial charge is 0.250 e. The van der Waals surface area contributed by atoms with Crippen LogP contribution in [0.1, 0.15) is 57.1 Å². The Balaban J connectivity index is 1.74. The molecule has 1 aromatic carbocycles. The number of anilines is 1. The summed E-state index contributed by atoms with van der Waals surface area (Å²) >= 11 is 0. The first-order chi connectivity index (χ1) is 16.3. The van der Waals surface area contributed by atoms with E-state index in [-0.39, 0.29) is 30.9 Å². The van der Waals surface area contributed by atoms with E-state index in [0.717, 1.165) is 23.2 Å². The number of aliphatic hydroxyl groups is 1. The van der Waals surface area contributed by atoms with Crippen LogP contribution in [0.25, 0.3) is 0 Å². The van der Waals surface area contributed by atoms with Crippen LogP contribution in [0.5, 0.6) is 0 Å². The number of benzene rings is 1. The van der Waals surface area contributed by atoms with E-state index in [9.17, 15) is 19.5 Å². The van der Waals surface area contributed by atoms with Gasteiger partial charge in [-0.1, -0.05) is 32.0 Å². The van der Waals surface area contributed by atoms with Crippen molar-refractivity contribution in [3.63, 3.8) is 0 Å². The molecule has 3 N–H and O–H groups in total. The second kappa shape index (κ2) is 9.30.